The number of hydrogen-bond acceptors (Lipinski definition) is 3. The summed E-state index contributed by atoms with van der Waals surface area (Å²) in [4.78, 5) is 11.9. The lowest BCUT2D eigenvalue weighted by Gasteiger charge is -2.10. The van der Waals surface area contributed by atoms with Crippen LogP contribution in [0, 0.1) is 6.92 Å². The number of nitrogens with zero attached hydrogens (tertiary/aromatic N) is 1. The second kappa shape index (κ2) is 6.24. The van der Waals surface area contributed by atoms with Gasteiger partial charge in [-0.3, -0.25) is 4.79 Å². The number of thiophene rings is 1. The molecule has 2 aromatic rings. The molecule has 1 amide bonds. The molecule has 3 N–H and O–H groups in total. The quantitative estimate of drug-likeness (QED) is 0.859. The molecule has 2 aromatic heterocycles. The van der Waals surface area contributed by atoms with E-state index in [4.69, 9.17) is 10.8 Å². The Hall–Kier alpha value is -1.59. The summed E-state index contributed by atoms with van der Waals surface area (Å²) in [6.07, 6.45) is 1.49. The number of rotatable bonds is 6. The zero-order valence-electron chi connectivity index (χ0n) is 11.8. The van der Waals surface area contributed by atoms with Crippen LogP contribution in [0.3, 0.4) is 0 Å². The van der Waals surface area contributed by atoms with Crippen LogP contribution in [0.25, 0.3) is 11.1 Å². The molecule has 0 atom stereocenters. The number of primary amides is 1. The van der Waals surface area contributed by atoms with Crippen LogP contribution in [0.15, 0.2) is 16.8 Å². The van der Waals surface area contributed by atoms with Crippen LogP contribution < -0.4 is 5.73 Å². The molecular weight excluding hydrogens is 272 g/mol. The van der Waals surface area contributed by atoms with E-state index in [0.29, 0.717) is 18.5 Å². The predicted octanol–water partition coefficient (Wildman–Crippen LogP) is 2.57. The molecule has 0 fully saturated rings. The zero-order chi connectivity index (χ0) is 14.7. The molecule has 0 saturated carbocycles. The number of nitrogens with two attached hydrogens (primary N) is 1. The summed E-state index contributed by atoms with van der Waals surface area (Å²) in [5.74, 6) is -0.388. The minimum atomic E-state index is -0.388. The Labute approximate surface area is 122 Å². The van der Waals surface area contributed by atoms with Gasteiger partial charge in [-0.2, -0.15) is 11.3 Å². The van der Waals surface area contributed by atoms with Crippen molar-refractivity contribution in [3.63, 3.8) is 0 Å². The summed E-state index contributed by atoms with van der Waals surface area (Å²) in [7, 11) is 0. The number of amides is 1. The van der Waals surface area contributed by atoms with E-state index < -0.39 is 0 Å². The van der Waals surface area contributed by atoms with Crippen LogP contribution in [0.1, 0.15) is 35.1 Å². The summed E-state index contributed by atoms with van der Waals surface area (Å²) >= 11 is 1.61. The first-order valence-corrected chi connectivity index (χ1v) is 7.71. The number of hydrogen-bond donors (Lipinski definition) is 2. The van der Waals surface area contributed by atoms with Crippen molar-refractivity contribution in [3.8, 4) is 11.1 Å². The van der Waals surface area contributed by atoms with Crippen LogP contribution in [0.4, 0.5) is 0 Å². The van der Waals surface area contributed by atoms with Gasteiger partial charge in [0.15, 0.2) is 0 Å². The van der Waals surface area contributed by atoms with E-state index in [1.807, 2.05) is 23.8 Å². The lowest BCUT2D eigenvalue weighted by atomic mass is 10.0. The fraction of sp³-hybridized carbons (Fsp3) is 0.400. The minimum absolute atomic E-state index is 0.139. The summed E-state index contributed by atoms with van der Waals surface area (Å²) in [6, 6.07) is 2.02. The van der Waals surface area contributed by atoms with E-state index in [9.17, 15) is 4.79 Å². The Morgan fingerprint density at radius 3 is 2.75 bits per heavy atom. The van der Waals surface area contributed by atoms with Crippen LogP contribution in [-0.4, -0.2) is 22.2 Å². The molecule has 2 rings (SSSR count). The maximum atomic E-state index is 11.9. The smallest absolute Gasteiger partial charge is 0.251 e. The van der Waals surface area contributed by atoms with Crippen molar-refractivity contribution in [1.29, 1.82) is 0 Å². The van der Waals surface area contributed by atoms with Crippen molar-refractivity contribution in [2.45, 2.75) is 33.2 Å². The van der Waals surface area contributed by atoms with Crippen molar-refractivity contribution < 1.29 is 9.90 Å². The van der Waals surface area contributed by atoms with E-state index in [2.05, 4.69) is 11.5 Å². The van der Waals surface area contributed by atoms with Crippen molar-refractivity contribution in [2.24, 2.45) is 5.73 Å². The molecule has 0 spiro atoms. The molecule has 20 heavy (non-hydrogen) atoms. The highest BCUT2D eigenvalue weighted by Crippen LogP contribution is 2.34. The summed E-state index contributed by atoms with van der Waals surface area (Å²) in [5, 5.41) is 13.1. The third-order valence-electron chi connectivity index (χ3n) is 3.56. The maximum Gasteiger partial charge on any atom is 0.251 e. The van der Waals surface area contributed by atoms with Crippen molar-refractivity contribution in [3.05, 3.63) is 33.8 Å². The molecule has 0 aliphatic heterocycles. The Balaban J connectivity index is 2.66. The highest BCUT2D eigenvalue weighted by molar-refractivity contribution is 7.08. The molecule has 0 aliphatic carbocycles. The van der Waals surface area contributed by atoms with Crippen LogP contribution in [0.2, 0.25) is 0 Å². The van der Waals surface area contributed by atoms with Gasteiger partial charge in [-0.05, 0) is 42.2 Å². The van der Waals surface area contributed by atoms with Gasteiger partial charge >= 0.3 is 0 Å². The summed E-state index contributed by atoms with van der Waals surface area (Å²) in [6.45, 7) is 4.84. The van der Waals surface area contributed by atoms with E-state index in [1.54, 1.807) is 11.3 Å². The van der Waals surface area contributed by atoms with Gasteiger partial charge in [0.2, 0.25) is 0 Å². The Kier molecular flexibility index (Phi) is 4.62. The molecule has 0 unspecified atom stereocenters. The van der Waals surface area contributed by atoms with Gasteiger partial charge in [0, 0.05) is 30.1 Å². The van der Waals surface area contributed by atoms with Crippen molar-refractivity contribution >= 4 is 17.2 Å². The van der Waals surface area contributed by atoms with Crippen molar-refractivity contribution in [2.75, 3.05) is 6.61 Å². The van der Waals surface area contributed by atoms with Crippen LogP contribution >= 0.6 is 11.3 Å². The molecule has 0 aromatic carbocycles. The van der Waals surface area contributed by atoms with Gasteiger partial charge in [-0.1, -0.05) is 6.92 Å². The third kappa shape index (κ3) is 2.51. The normalized spacial score (nSPS) is 10.9. The third-order valence-corrected chi connectivity index (χ3v) is 4.25. The molecule has 0 bridgehead atoms. The first-order valence-electron chi connectivity index (χ1n) is 6.77. The minimum Gasteiger partial charge on any atom is -0.396 e. The van der Waals surface area contributed by atoms with Crippen LogP contribution in [-0.2, 0) is 13.0 Å². The molecule has 4 nitrogen and oxygen atoms in total. The average molecular weight is 292 g/mol. The Bertz CT molecular complexity index is 600. The van der Waals surface area contributed by atoms with Gasteiger partial charge in [0.25, 0.3) is 5.91 Å². The fourth-order valence-electron chi connectivity index (χ4n) is 2.72. The van der Waals surface area contributed by atoms with Gasteiger partial charge in [-0.15, -0.1) is 0 Å². The second-order valence-electron chi connectivity index (χ2n) is 4.74. The van der Waals surface area contributed by atoms with E-state index in [-0.39, 0.29) is 12.5 Å². The molecular formula is C15H20N2O2S. The van der Waals surface area contributed by atoms with E-state index in [0.717, 1.165) is 28.9 Å². The van der Waals surface area contributed by atoms with E-state index >= 15 is 0 Å². The summed E-state index contributed by atoms with van der Waals surface area (Å²) in [5.41, 5.74) is 10.2. The molecule has 108 valence electrons. The first kappa shape index (κ1) is 14.8. The van der Waals surface area contributed by atoms with Gasteiger partial charge in [0.05, 0.1) is 5.56 Å². The molecule has 2 heterocycles. The average Bonchev–Trinajstić information content (AvgIpc) is 3.01. The predicted molar refractivity (Wildman–Crippen MR) is 82.1 cm³/mol. The zero-order valence-corrected chi connectivity index (χ0v) is 12.7. The van der Waals surface area contributed by atoms with E-state index in [1.165, 1.54) is 0 Å². The molecule has 0 aliphatic rings. The molecule has 0 radical (unpaired) electrons. The van der Waals surface area contributed by atoms with Gasteiger partial charge in [-0.25, -0.2) is 0 Å². The standard InChI is InChI=1S/C15H20N2O2S/c1-3-12-14(11-5-8-20-9-11)13(15(16)19)10(2)17(12)6-4-7-18/h5,8-9,18H,3-4,6-7H2,1-2H3,(H2,16,19). The number of aromatic nitrogens is 1. The fourth-order valence-corrected chi connectivity index (χ4v) is 3.36. The lowest BCUT2D eigenvalue weighted by molar-refractivity contribution is 0.1000. The maximum absolute atomic E-state index is 11.9. The monoisotopic (exact) mass is 292 g/mol. The van der Waals surface area contributed by atoms with Crippen molar-refractivity contribution in [1.82, 2.24) is 4.57 Å². The first-order chi connectivity index (χ1) is 9.61. The number of carbonyl (C=O) groups is 1. The Morgan fingerprint density at radius 1 is 1.50 bits per heavy atom. The Morgan fingerprint density at radius 2 is 2.25 bits per heavy atom. The number of aliphatic hydroxyl groups excluding tert-OH is 1. The number of aliphatic hydroxyl groups is 1. The SMILES string of the molecule is CCc1c(-c2ccsc2)c(C(N)=O)c(C)n1CCCO. The number of carbonyl (C=O) groups excluding carboxylic acids is 1. The molecule has 0 saturated heterocycles. The highest BCUT2D eigenvalue weighted by atomic mass is 32.1. The second-order valence-corrected chi connectivity index (χ2v) is 5.52. The highest BCUT2D eigenvalue weighted by Gasteiger charge is 2.23. The lowest BCUT2D eigenvalue weighted by Crippen LogP contribution is -2.13. The molecule has 5 heteroatoms. The van der Waals surface area contributed by atoms with Crippen LogP contribution in [0.5, 0.6) is 0 Å². The topological polar surface area (TPSA) is 68.2 Å². The van der Waals surface area contributed by atoms with Gasteiger partial charge in [0.1, 0.15) is 0 Å². The largest absolute Gasteiger partial charge is 0.396 e. The summed E-state index contributed by atoms with van der Waals surface area (Å²) < 4.78 is 2.11. The van der Waals surface area contributed by atoms with Gasteiger partial charge < -0.3 is 15.4 Å².